The Balaban J connectivity index is 0.00000312. The number of anilines is 1. The van der Waals surface area contributed by atoms with Crippen molar-refractivity contribution in [1.29, 1.82) is 0 Å². The molecule has 0 bridgehead atoms. The quantitative estimate of drug-likeness (QED) is 0.592. The van der Waals surface area contributed by atoms with E-state index in [0.717, 1.165) is 56.5 Å². The average molecular weight is 403 g/mol. The van der Waals surface area contributed by atoms with Crippen LogP contribution in [0.15, 0.2) is 30.5 Å². The van der Waals surface area contributed by atoms with E-state index >= 15 is 0 Å². The highest BCUT2D eigenvalue weighted by atomic mass is 35.5. The van der Waals surface area contributed by atoms with Crippen LogP contribution in [0.2, 0.25) is 0 Å². The van der Waals surface area contributed by atoms with Crippen LogP contribution in [0.4, 0.5) is 5.69 Å². The standard InChI is InChI=1S/C19H30N4O.2ClH/c1-22(2)13-14-23-12-10-16-8-9-17(15-18(16)23)21-19(24)7-5-3-4-6-11-20;;/h8-10,12,15H,3-7,11,13-14,20H2,1-2H3,(H,21,24);2*1H. The first-order valence-corrected chi connectivity index (χ1v) is 8.83. The lowest BCUT2D eigenvalue weighted by atomic mass is 10.1. The van der Waals surface area contributed by atoms with Crippen molar-refractivity contribution >= 4 is 47.3 Å². The molecule has 7 heteroatoms. The second-order valence-electron chi connectivity index (χ2n) is 6.59. The largest absolute Gasteiger partial charge is 0.346 e. The predicted octanol–water partition coefficient (Wildman–Crippen LogP) is 3.89. The van der Waals surface area contributed by atoms with Crippen molar-refractivity contribution in [2.75, 3.05) is 32.5 Å². The van der Waals surface area contributed by atoms with Gasteiger partial charge in [0, 0.05) is 31.4 Å². The number of nitrogens with zero attached hydrogens (tertiary/aromatic N) is 2. The van der Waals surface area contributed by atoms with E-state index in [1.807, 2.05) is 6.07 Å². The number of fused-ring (bicyclic) bond motifs is 1. The maximum absolute atomic E-state index is 12.1. The molecule has 1 heterocycles. The molecule has 0 unspecified atom stereocenters. The fourth-order valence-electron chi connectivity index (χ4n) is 2.77. The molecule has 0 aliphatic heterocycles. The van der Waals surface area contributed by atoms with E-state index < -0.39 is 0 Å². The van der Waals surface area contributed by atoms with Crippen LogP contribution in [-0.2, 0) is 11.3 Å². The van der Waals surface area contributed by atoms with Crippen molar-refractivity contribution in [3.05, 3.63) is 30.5 Å². The molecule has 0 radical (unpaired) electrons. The van der Waals surface area contributed by atoms with Crippen molar-refractivity contribution in [1.82, 2.24) is 9.47 Å². The average Bonchev–Trinajstić information content (AvgIpc) is 2.95. The summed E-state index contributed by atoms with van der Waals surface area (Å²) in [6, 6.07) is 8.23. The molecule has 0 spiro atoms. The summed E-state index contributed by atoms with van der Waals surface area (Å²) >= 11 is 0. The highest BCUT2D eigenvalue weighted by Crippen LogP contribution is 2.21. The normalized spacial score (nSPS) is 10.5. The molecule has 0 saturated heterocycles. The number of carbonyl (C=O) groups is 1. The number of benzene rings is 1. The summed E-state index contributed by atoms with van der Waals surface area (Å²) < 4.78 is 2.23. The minimum Gasteiger partial charge on any atom is -0.346 e. The third-order valence-corrected chi connectivity index (χ3v) is 4.20. The highest BCUT2D eigenvalue weighted by Gasteiger charge is 2.06. The summed E-state index contributed by atoms with van der Waals surface area (Å²) in [4.78, 5) is 14.2. The molecule has 148 valence electrons. The number of nitrogens with one attached hydrogen (secondary N) is 1. The Morgan fingerprint density at radius 3 is 2.54 bits per heavy atom. The monoisotopic (exact) mass is 402 g/mol. The summed E-state index contributed by atoms with van der Waals surface area (Å²) in [6.07, 6.45) is 6.82. The van der Waals surface area contributed by atoms with Gasteiger partial charge in [0.1, 0.15) is 0 Å². The molecule has 26 heavy (non-hydrogen) atoms. The number of amides is 1. The van der Waals surface area contributed by atoms with E-state index in [1.165, 1.54) is 5.39 Å². The highest BCUT2D eigenvalue weighted by molar-refractivity contribution is 5.93. The van der Waals surface area contributed by atoms with Crippen LogP contribution in [0, 0.1) is 0 Å². The first kappa shape index (κ1) is 24.7. The molecule has 3 N–H and O–H groups in total. The Bertz CT molecular complexity index is 658. The molecule has 2 rings (SSSR count). The summed E-state index contributed by atoms with van der Waals surface area (Å²) in [7, 11) is 4.15. The number of aromatic nitrogens is 1. The fourth-order valence-corrected chi connectivity index (χ4v) is 2.77. The molecule has 1 amide bonds. The molecular formula is C19H32Cl2N4O. The maximum atomic E-state index is 12.1. The van der Waals surface area contributed by atoms with E-state index in [2.05, 4.69) is 53.3 Å². The SMILES string of the molecule is CN(C)CCn1ccc2ccc(NC(=O)CCCCCCN)cc21.Cl.Cl. The van der Waals surface area contributed by atoms with Crippen LogP contribution < -0.4 is 11.1 Å². The lowest BCUT2D eigenvalue weighted by Crippen LogP contribution is -2.18. The molecule has 5 nitrogen and oxygen atoms in total. The van der Waals surface area contributed by atoms with Crippen molar-refractivity contribution in [2.45, 2.75) is 38.6 Å². The van der Waals surface area contributed by atoms with Gasteiger partial charge >= 0.3 is 0 Å². The van der Waals surface area contributed by atoms with Crippen molar-refractivity contribution in [2.24, 2.45) is 5.73 Å². The van der Waals surface area contributed by atoms with Crippen LogP contribution >= 0.6 is 24.8 Å². The fraction of sp³-hybridized carbons (Fsp3) is 0.526. The zero-order valence-electron chi connectivity index (χ0n) is 15.7. The number of unbranched alkanes of at least 4 members (excludes halogenated alkanes) is 3. The second-order valence-corrected chi connectivity index (χ2v) is 6.59. The summed E-state index contributed by atoms with van der Waals surface area (Å²) in [6.45, 7) is 2.66. The Morgan fingerprint density at radius 1 is 1.12 bits per heavy atom. The van der Waals surface area contributed by atoms with Gasteiger partial charge in [-0.25, -0.2) is 0 Å². The van der Waals surface area contributed by atoms with E-state index in [9.17, 15) is 4.79 Å². The van der Waals surface area contributed by atoms with Gasteiger partial charge in [0.2, 0.25) is 5.91 Å². The van der Waals surface area contributed by atoms with Gasteiger partial charge < -0.3 is 20.5 Å². The number of rotatable bonds is 10. The third-order valence-electron chi connectivity index (χ3n) is 4.20. The zero-order chi connectivity index (χ0) is 17.4. The Kier molecular flexibility index (Phi) is 12.3. The van der Waals surface area contributed by atoms with Gasteiger partial charge in [-0.1, -0.05) is 18.9 Å². The molecular weight excluding hydrogens is 371 g/mol. The number of hydrogen-bond acceptors (Lipinski definition) is 3. The molecule has 0 atom stereocenters. The van der Waals surface area contributed by atoms with E-state index in [1.54, 1.807) is 0 Å². The van der Waals surface area contributed by atoms with Gasteiger partial charge in [-0.3, -0.25) is 4.79 Å². The Morgan fingerprint density at radius 2 is 1.85 bits per heavy atom. The molecule has 1 aromatic carbocycles. The van der Waals surface area contributed by atoms with Gasteiger partial charge in [-0.2, -0.15) is 0 Å². The summed E-state index contributed by atoms with van der Waals surface area (Å²) in [5.74, 6) is 0.0912. The van der Waals surface area contributed by atoms with Crippen molar-refractivity contribution in [3.63, 3.8) is 0 Å². The van der Waals surface area contributed by atoms with Crippen LogP contribution in [0.5, 0.6) is 0 Å². The number of carbonyl (C=O) groups excluding carboxylic acids is 1. The number of nitrogens with two attached hydrogens (primary N) is 1. The molecule has 0 fully saturated rings. The van der Waals surface area contributed by atoms with Crippen LogP contribution in [0.1, 0.15) is 32.1 Å². The molecule has 2 aromatic rings. The Labute approximate surface area is 169 Å². The number of halogens is 2. The van der Waals surface area contributed by atoms with E-state index in [0.29, 0.717) is 6.42 Å². The third kappa shape index (κ3) is 7.96. The van der Waals surface area contributed by atoms with E-state index in [-0.39, 0.29) is 30.7 Å². The Hall–Kier alpha value is -1.27. The van der Waals surface area contributed by atoms with Crippen molar-refractivity contribution in [3.8, 4) is 0 Å². The topological polar surface area (TPSA) is 63.3 Å². The maximum Gasteiger partial charge on any atom is 0.224 e. The number of hydrogen-bond donors (Lipinski definition) is 2. The lowest BCUT2D eigenvalue weighted by molar-refractivity contribution is -0.116. The molecule has 0 saturated carbocycles. The minimum atomic E-state index is 0. The van der Waals surface area contributed by atoms with Crippen molar-refractivity contribution < 1.29 is 4.79 Å². The predicted molar refractivity (Wildman–Crippen MR) is 116 cm³/mol. The summed E-state index contributed by atoms with van der Waals surface area (Å²) in [5, 5.41) is 4.22. The van der Waals surface area contributed by atoms with Gasteiger partial charge in [-0.15, -0.1) is 24.8 Å². The minimum absolute atomic E-state index is 0. The van der Waals surface area contributed by atoms with Gasteiger partial charge in [-0.05, 0) is 57.1 Å². The summed E-state index contributed by atoms with van der Waals surface area (Å²) in [5.41, 5.74) is 7.51. The molecule has 0 aliphatic carbocycles. The molecule has 1 aromatic heterocycles. The van der Waals surface area contributed by atoms with Crippen LogP contribution in [0.25, 0.3) is 10.9 Å². The first-order valence-electron chi connectivity index (χ1n) is 8.83. The van der Waals surface area contributed by atoms with E-state index in [4.69, 9.17) is 5.73 Å². The van der Waals surface area contributed by atoms with Gasteiger partial charge in [0.05, 0.1) is 5.52 Å². The zero-order valence-corrected chi connectivity index (χ0v) is 17.4. The smallest absolute Gasteiger partial charge is 0.224 e. The number of likely N-dealkylation sites (N-methyl/N-ethyl adjacent to an activating group) is 1. The van der Waals surface area contributed by atoms with Gasteiger partial charge in [0.15, 0.2) is 0 Å². The van der Waals surface area contributed by atoms with Crippen LogP contribution in [-0.4, -0.2) is 42.6 Å². The first-order chi connectivity index (χ1) is 11.6. The molecule has 0 aliphatic rings. The lowest BCUT2D eigenvalue weighted by Gasteiger charge is -2.12. The second kappa shape index (κ2) is 13.0. The van der Waals surface area contributed by atoms with Crippen LogP contribution in [0.3, 0.4) is 0 Å². The van der Waals surface area contributed by atoms with Gasteiger partial charge in [0.25, 0.3) is 0 Å².